The fourth-order valence-electron chi connectivity index (χ4n) is 3.94. The normalized spacial score (nSPS) is 14.6. The first-order valence-corrected chi connectivity index (χ1v) is 9.32. The van der Waals surface area contributed by atoms with Gasteiger partial charge in [-0.2, -0.15) is 18.4 Å². The SMILES string of the molecule is Cc1cc(C#N)cc2[nH]c(CC(O)(CC(C)(C)c3ccccc3)C(F)(F)F)cc12. The zero-order valence-corrected chi connectivity index (χ0v) is 16.6. The Balaban J connectivity index is 1.99. The average Bonchev–Trinajstić information content (AvgIpc) is 3.03. The van der Waals surface area contributed by atoms with Gasteiger partial charge in [0.15, 0.2) is 5.60 Å². The standard InChI is InChI=1S/C23H23F3N2O/c1-15-9-16(13-27)10-20-19(15)11-18(28-20)12-22(29,23(24,25)26)14-21(2,3)17-7-5-4-6-8-17/h4-11,28-29H,12,14H2,1-3H3. The molecule has 0 bridgehead atoms. The van der Waals surface area contributed by atoms with Crippen molar-refractivity contribution in [3.05, 3.63) is 70.9 Å². The molecule has 152 valence electrons. The molecule has 0 spiro atoms. The molecule has 1 heterocycles. The van der Waals surface area contributed by atoms with Gasteiger partial charge in [-0.25, -0.2) is 0 Å². The van der Waals surface area contributed by atoms with Crippen LogP contribution in [0.5, 0.6) is 0 Å². The van der Waals surface area contributed by atoms with Crippen molar-refractivity contribution in [3.8, 4) is 6.07 Å². The number of nitrogens with zero attached hydrogens (tertiary/aromatic N) is 1. The topological polar surface area (TPSA) is 59.8 Å². The molecule has 0 amide bonds. The Labute approximate surface area is 167 Å². The zero-order valence-electron chi connectivity index (χ0n) is 16.6. The van der Waals surface area contributed by atoms with E-state index >= 15 is 0 Å². The highest BCUT2D eigenvalue weighted by atomic mass is 19.4. The van der Waals surface area contributed by atoms with Crippen LogP contribution in [0.2, 0.25) is 0 Å². The van der Waals surface area contributed by atoms with E-state index in [1.54, 1.807) is 69.3 Å². The van der Waals surface area contributed by atoms with Crippen molar-refractivity contribution in [1.82, 2.24) is 4.98 Å². The highest BCUT2D eigenvalue weighted by molar-refractivity contribution is 5.85. The summed E-state index contributed by atoms with van der Waals surface area (Å²) >= 11 is 0. The molecule has 0 aliphatic rings. The smallest absolute Gasteiger partial charge is 0.380 e. The molecular formula is C23H23F3N2O. The third kappa shape index (κ3) is 4.15. The fraction of sp³-hybridized carbons (Fsp3) is 0.348. The number of aliphatic hydroxyl groups is 1. The Kier molecular flexibility index (Phi) is 5.22. The van der Waals surface area contributed by atoms with E-state index in [0.29, 0.717) is 11.1 Å². The number of nitriles is 1. The first-order chi connectivity index (χ1) is 13.4. The molecule has 0 aliphatic heterocycles. The van der Waals surface area contributed by atoms with Crippen molar-refractivity contribution >= 4 is 10.9 Å². The Morgan fingerprint density at radius 1 is 1.07 bits per heavy atom. The molecule has 0 saturated heterocycles. The van der Waals surface area contributed by atoms with Crippen molar-refractivity contribution in [3.63, 3.8) is 0 Å². The van der Waals surface area contributed by atoms with E-state index in [9.17, 15) is 18.3 Å². The Morgan fingerprint density at radius 3 is 2.31 bits per heavy atom. The molecule has 1 atom stereocenters. The minimum atomic E-state index is -4.80. The lowest BCUT2D eigenvalue weighted by molar-refractivity contribution is -0.266. The minimum absolute atomic E-state index is 0.280. The lowest BCUT2D eigenvalue weighted by Crippen LogP contribution is -2.50. The summed E-state index contributed by atoms with van der Waals surface area (Å²) in [6, 6.07) is 15.9. The Morgan fingerprint density at radius 2 is 1.72 bits per heavy atom. The number of benzene rings is 2. The van der Waals surface area contributed by atoms with E-state index in [0.717, 1.165) is 16.5 Å². The summed E-state index contributed by atoms with van der Waals surface area (Å²) in [5, 5.41) is 20.6. The van der Waals surface area contributed by atoms with E-state index in [4.69, 9.17) is 5.26 Å². The molecular weight excluding hydrogens is 377 g/mol. The van der Waals surface area contributed by atoms with E-state index in [1.807, 2.05) is 6.07 Å². The minimum Gasteiger partial charge on any atom is -0.380 e. The zero-order chi connectivity index (χ0) is 21.4. The number of aromatic amines is 1. The van der Waals surface area contributed by atoms with Gasteiger partial charge < -0.3 is 10.1 Å². The largest absolute Gasteiger partial charge is 0.417 e. The number of H-pyrrole nitrogens is 1. The van der Waals surface area contributed by atoms with Crippen LogP contribution in [0.4, 0.5) is 13.2 Å². The van der Waals surface area contributed by atoms with E-state index in [-0.39, 0.29) is 5.69 Å². The van der Waals surface area contributed by atoms with Gasteiger partial charge >= 0.3 is 6.18 Å². The van der Waals surface area contributed by atoms with Crippen molar-refractivity contribution in [2.75, 3.05) is 0 Å². The van der Waals surface area contributed by atoms with Gasteiger partial charge in [-0.3, -0.25) is 0 Å². The molecule has 3 aromatic rings. The van der Waals surface area contributed by atoms with Gasteiger partial charge in [0.05, 0.1) is 11.6 Å². The van der Waals surface area contributed by atoms with Gasteiger partial charge in [-0.15, -0.1) is 0 Å². The van der Waals surface area contributed by atoms with E-state index in [1.165, 1.54) is 0 Å². The number of rotatable bonds is 5. The van der Waals surface area contributed by atoms with Gasteiger partial charge in [0.25, 0.3) is 0 Å². The van der Waals surface area contributed by atoms with Gasteiger partial charge in [0.2, 0.25) is 0 Å². The summed E-state index contributed by atoms with van der Waals surface area (Å²) in [6.45, 7) is 5.20. The summed E-state index contributed by atoms with van der Waals surface area (Å²) in [5.41, 5.74) is -0.971. The monoisotopic (exact) mass is 400 g/mol. The highest BCUT2D eigenvalue weighted by Crippen LogP contribution is 2.43. The summed E-state index contributed by atoms with van der Waals surface area (Å²) in [5.74, 6) is 0. The average molecular weight is 400 g/mol. The van der Waals surface area contributed by atoms with Gasteiger partial charge in [0, 0.05) is 23.0 Å². The number of halogens is 3. The van der Waals surface area contributed by atoms with Crippen molar-refractivity contribution in [2.45, 2.75) is 50.8 Å². The molecule has 0 fully saturated rings. The van der Waals surface area contributed by atoms with Crippen LogP contribution >= 0.6 is 0 Å². The van der Waals surface area contributed by atoms with Crippen LogP contribution in [0.25, 0.3) is 10.9 Å². The first-order valence-electron chi connectivity index (χ1n) is 9.32. The number of aromatic nitrogens is 1. The van der Waals surface area contributed by atoms with Crippen molar-refractivity contribution in [1.29, 1.82) is 5.26 Å². The second-order valence-corrected chi connectivity index (χ2v) is 8.29. The number of aryl methyl sites for hydroxylation is 1. The first kappa shape index (κ1) is 20.9. The maximum Gasteiger partial charge on any atom is 0.417 e. The summed E-state index contributed by atoms with van der Waals surface area (Å²) in [4.78, 5) is 2.95. The molecule has 1 aromatic heterocycles. The molecule has 0 aliphatic carbocycles. The number of hydrogen-bond acceptors (Lipinski definition) is 2. The fourth-order valence-corrected chi connectivity index (χ4v) is 3.94. The summed E-state index contributed by atoms with van der Waals surface area (Å²) in [6.07, 6.45) is -5.88. The highest BCUT2D eigenvalue weighted by Gasteiger charge is 2.56. The molecule has 1 unspecified atom stereocenters. The van der Waals surface area contributed by atoms with Crippen LogP contribution < -0.4 is 0 Å². The van der Waals surface area contributed by atoms with E-state index < -0.39 is 30.0 Å². The predicted octanol–water partition coefficient (Wildman–Crippen LogP) is 5.55. The summed E-state index contributed by atoms with van der Waals surface area (Å²) in [7, 11) is 0. The van der Waals surface area contributed by atoms with Crippen LogP contribution in [-0.4, -0.2) is 21.9 Å². The lowest BCUT2D eigenvalue weighted by atomic mass is 9.73. The molecule has 29 heavy (non-hydrogen) atoms. The molecule has 0 saturated carbocycles. The van der Waals surface area contributed by atoms with Crippen LogP contribution in [0.1, 0.15) is 42.7 Å². The maximum atomic E-state index is 14.0. The van der Waals surface area contributed by atoms with Crippen LogP contribution in [0.3, 0.4) is 0 Å². The maximum absolute atomic E-state index is 14.0. The second-order valence-electron chi connectivity index (χ2n) is 8.29. The van der Waals surface area contributed by atoms with Gasteiger partial charge in [-0.05, 0) is 48.1 Å². The molecule has 2 N–H and O–H groups in total. The molecule has 3 rings (SSSR count). The van der Waals surface area contributed by atoms with Gasteiger partial charge in [0.1, 0.15) is 0 Å². The van der Waals surface area contributed by atoms with Crippen LogP contribution in [-0.2, 0) is 11.8 Å². The third-order valence-corrected chi connectivity index (χ3v) is 5.43. The van der Waals surface area contributed by atoms with Crippen LogP contribution in [0.15, 0.2) is 48.5 Å². The molecule has 2 aromatic carbocycles. The Bertz CT molecular complexity index is 1060. The number of fused-ring (bicyclic) bond motifs is 1. The molecule has 0 radical (unpaired) electrons. The third-order valence-electron chi connectivity index (χ3n) is 5.43. The van der Waals surface area contributed by atoms with Crippen molar-refractivity contribution < 1.29 is 18.3 Å². The lowest BCUT2D eigenvalue weighted by Gasteiger charge is -2.37. The Hall–Kier alpha value is -2.78. The number of alkyl halides is 3. The molecule has 3 nitrogen and oxygen atoms in total. The van der Waals surface area contributed by atoms with E-state index in [2.05, 4.69) is 4.98 Å². The number of hydrogen-bond donors (Lipinski definition) is 2. The van der Waals surface area contributed by atoms with Crippen molar-refractivity contribution in [2.24, 2.45) is 0 Å². The summed E-state index contributed by atoms with van der Waals surface area (Å²) < 4.78 is 41.9. The molecule has 6 heteroatoms. The second kappa shape index (κ2) is 7.23. The quantitative estimate of drug-likeness (QED) is 0.590. The van der Waals surface area contributed by atoms with Crippen LogP contribution in [0, 0.1) is 18.3 Å². The number of nitrogens with one attached hydrogen (secondary N) is 1. The predicted molar refractivity (Wildman–Crippen MR) is 107 cm³/mol. The van der Waals surface area contributed by atoms with Gasteiger partial charge in [-0.1, -0.05) is 44.2 Å².